The normalized spacial score (nSPS) is 19.8. The number of ether oxygens (including phenoxy) is 1. The van der Waals surface area contributed by atoms with E-state index in [-0.39, 0.29) is 23.4 Å². The van der Waals surface area contributed by atoms with Gasteiger partial charge in [-0.05, 0) is 51.4 Å². The van der Waals surface area contributed by atoms with Crippen LogP contribution in [0.1, 0.15) is 42.6 Å². The Labute approximate surface area is 191 Å². The third-order valence-corrected chi connectivity index (χ3v) is 5.92. The first-order chi connectivity index (χ1) is 15.3. The molecular formula is C23H25ClN4O4. The first-order valence-corrected chi connectivity index (χ1v) is 10.9. The van der Waals surface area contributed by atoms with Crippen molar-refractivity contribution in [3.8, 4) is 5.88 Å². The van der Waals surface area contributed by atoms with Crippen LogP contribution in [0, 0.1) is 0 Å². The van der Waals surface area contributed by atoms with E-state index in [2.05, 4.69) is 15.5 Å². The number of nitrogens with one attached hydrogen (secondary N) is 1. The largest absolute Gasteiger partial charge is 0.481 e. The maximum Gasteiger partial charge on any atom is 0.259 e. The highest BCUT2D eigenvalue weighted by Gasteiger charge is 2.40. The predicted molar refractivity (Wildman–Crippen MR) is 122 cm³/mol. The second-order valence-electron chi connectivity index (χ2n) is 8.28. The fourth-order valence-corrected chi connectivity index (χ4v) is 4.00. The lowest BCUT2D eigenvalue weighted by Gasteiger charge is -2.34. The van der Waals surface area contributed by atoms with Gasteiger partial charge >= 0.3 is 0 Å². The quantitative estimate of drug-likeness (QED) is 0.742. The van der Waals surface area contributed by atoms with E-state index in [4.69, 9.17) is 21.2 Å². The first kappa shape index (κ1) is 22.2. The van der Waals surface area contributed by atoms with Crippen LogP contribution in [0.25, 0.3) is 0 Å². The number of nitrogens with zero attached hydrogens (tertiary/aromatic N) is 3. The number of Topliss-reactive ketones (excluding diaryl/α,β-unsaturated/α-hetero) is 1. The number of hydrogen-bond acceptors (Lipinski definition) is 7. The van der Waals surface area contributed by atoms with E-state index in [1.54, 1.807) is 55.1 Å². The van der Waals surface area contributed by atoms with Crippen molar-refractivity contribution in [2.24, 2.45) is 5.16 Å². The van der Waals surface area contributed by atoms with Crippen molar-refractivity contribution in [1.82, 2.24) is 10.3 Å². The SMILES string of the molecule is COc1ccc(Cl)c(N(C(=O)c2ccc(C3=NOC(C)(C)C3=O)cc2)[C@@H]2CCCNC2)n1. The molecule has 32 heavy (non-hydrogen) atoms. The number of piperidine rings is 1. The van der Waals surface area contributed by atoms with Gasteiger partial charge in [-0.2, -0.15) is 4.98 Å². The molecular weight excluding hydrogens is 432 g/mol. The van der Waals surface area contributed by atoms with Gasteiger partial charge in [0.25, 0.3) is 5.91 Å². The van der Waals surface area contributed by atoms with Crippen LogP contribution in [0.15, 0.2) is 41.6 Å². The second-order valence-corrected chi connectivity index (χ2v) is 8.69. The lowest BCUT2D eigenvalue weighted by Crippen LogP contribution is -2.49. The van der Waals surface area contributed by atoms with Crippen LogP contribution >= 0.6 is 11.6 Å². The third-order valence-electron chi connectivity index (χ3n) is 5.63. The average molecular weight is 457 g/mol. The second kappa shape index (κ2) is 8.88. The van der Waals surface area contributed by atoms with Crippen molar-refractivity contribution in [3.05, 3.63) is 52.5 Å². The molecule has 0 unspecified atom stereocenters. The number of benzene rings is 1. The zero-order valence-corrected chi connectivity index (χ0v) is 19.0. The van der Waals surface area contributed by atoms with Crippen molar-refractivity contribution in [2.75, 3.05) is 25.1 Å². The van der Waals surface area contributed by atoms with Gasteiger partial charge in [0.1, 0.15) is 0 Å². The number of oxime groups is 1. The highest BCUT2D eigenvalue weighted by atomic mass is 35.5. The molecule has 8 nitrogen and oxygen atoms in total. The Balaban J connectivity index is 1.66. The van der Waals surface area contributed by atoms with Crippen LogP contribution in [0.2, 0.25) is 5.02 Å². The van der Waals surface area contributed by atoms with Gasteiger partial charge in [-0.1, -0.05) is 28.9 Å². The van der Waals surface area contributed by atoms with Crippen LogP contribution in [0.4, 0.5) is 5.82 Å². The molecule has 1 atom stereocenters. The summed E-state index contributed by atoms with van der Waals surface area (Å²) in [5.41, 5.74) is 0.315. The third kappa shape index (κ3) is 4.20. The highest BCUT2D eigenvalue weighted by molar-refractivity contribution is 6.49. The van der Waals surface area contributed by atoms with Gasteiger partial charge in [0, 0.05) is 23.7 Å². The Morgan fingerprint density at radius 1 is 1.25 bits per heavy atom. The maximum absolute atomic E-state index is 13.6. The van der Waals surface area contributed by atoms with Crippen LogP contribution in [-0.2, 0) is 9.63 Å². The number of methoxy groups -OCH3 is 1. The predicted octanol–water partition coefficient (Wildman–Crippen LogP) is 3.22. The van der Waals surface area contributed by atoms with E-state index >= 15 is 0 Å². The van der Waals surface area contributed by atoms with Crippen molar-refractivity contribution in [3.63, 3.8) is 0 Å². The van der Waals surface area contributed by atoms with Gasteiger partial charge in [-0.15, -0.1) is 0 Å². The lowest BCUT2D eigenvalue weighted by molar-refractivity contribution is -0.128. The number of rotatable bonds is 5. The number of hydrogen-bond donors (Lipinski definition) is 1. The maximum atomic E-state index is 13.6. The van der Waals surface area contributed by atoms with Crippen LogP contribution < -0.4 is 15.0 Å². The number of aromatic nitrogens is 1. The fraction of sp³-hybridized carbons (Fsp3) is 0.391. The molecule has 1 fully saturated rings. The van der Waals surface area contributed by atoms with E-state index in [1.807, 2.05) is 0 Å². The molecule has 2 aromatic rings. The molecule has 0 saturated carbocycles. The standard InChI is InChI=1S/C23H25ClN4O4/c1-23(2)20(29)19(27-32-23)14-6-8-15(9-7-14)22(30)28(16-5-4-12-25-13-16)21-17(24)10-11-18(26-21)31-3/h6-11,16,25H,4-5,12-13H2,1-3H3/t16-/m1/s1. The summed E-state index contributed by atoms with van der Waals surface area (Å²) in [5.74, 6) is 0.309. The zero-order chi connectivity index (χ0) is 22.9. The van der Waals surface area contributed by atoms with E-state index < -0.39 is 5.60 Å². The summed E-state index contributed by atoms with van der Waals surface area (Å²) >= 11 is 6.45. The smallest absolute Gasteiger partial charge is 0.259 e. The Kier molecular flexibility index (Phi) is 6.17. The molecule has 2 aliphatic heterocycles. The van der Waals surface area contributed by atoms with Crippen molar-refractivity contribution < 1.29 is 19.2 Å². The molecule has 1 aromatic carbocycles. The molecule has 1 N–H and O–H groups in total. The summed E-state index contributed by atoms with van der Waals surface area (Å²) in [5, 5.41) is 7.63. The van der Waals surface area contributed by atoms with Gasteiger partial charge in [0.05, 0.1) is 18.2 Å². The monoisotopic (exact) mass is 456 g/mol. The average Bonchev–Trinajstić information content (AvgIpc) is 3.08. The molecule has 1 amide bonds. The fourth-order valence-electron chi connectivity index (χ4n) is 3.81. The molecule has 3 heterocycles. The van der Waals surface area contributed by atoms with E-state index in [9.17, 15) is 9.59 Å². The molecule has 0 radical (unpaired) electrons. The summed E-state index contributed by atoms with van der Waals surface area (Å²) in [6, 6.07) is 9.98. The minimum Gasteiger partial charge on any atom is -0.481 e. The molecule has 2 aliphatic rings. The van der Waals surface area contributed by atoms with E-state index in [1.165, 1.54) is 7.11 Å². The molecule has 1 saturated heterocycles. The van der Waals surface area contributed by atoms with Crippen LogP contribution in [0.3, 0.4) is 0 Å². The number of amides is 1. The molecule has 4 rings (SSSR count). The Morgan fingerprint density at radius 2 is 2.00 bits per heavy atom. The lowest BCUT2D eigenvalue weighted by atomic mass is 9.95. The topological polar surface area (TPSA) is 93.1 Å². The van der Waals surface area contributed by atoms with Gasteiger partial charge in [-0.3, -0.25) is 14.5 Å². The van der Waals surface area contributed by atoms with E-state index in [0.717, 1.165) is 19.4 Å². The number of pyridine rings is 1. The number of carbonyl (C=O) groups excluding carboxylic acids is 2. The minimum absolute atomic E-state index is 0.108. The minimum atomic E-state index is -0.983. The number of halogens is 1. The van der Waals surface area contributed by atoms with Crippen LogP contribution in [0.5, 0.6) is 5.88 Å². The summed E-state index contributed by atoms with van der Waals surface area (Å²) in [7, 11) is 1.52. The molecule has 1 aromatic heterocycles. The summed E-state index contributed by atoms with van der Waals surface area (Å²) < 4.78 is 5.25. The van der Waals surface area contributed by atoms with Crippen molar-refractivity contribution >= 4 is 34.8 Å². The van der Waals surface area contributed by atoms with Gasteiger partial charge < -0.3 is 14.9 Å². The van der Waals surface area contributed by atoms with E-state index in [0.29, 0.717) is 34.4 Å². The first-order valence-electron chi connectivity index (χ1n) is 10.5. The zero-order valence-electron chi connectivity index (χ0n) is 18.2. The number of anilines is 1. The van der Waals surface area contributed by atoms with Gasteiger partial charge in [0.2, 0.25) is 11.7 Å². The van der Waals surface area contributed by atoms with Gasteiger partial charge in [0.15, 0.2) is 17.1 Å². The highest BCUT2D eigenvalue weighted by Crippen LogP contribution is 2.31. The Morgan fingerprint density at radius 3 is 2.59 bits per heavy atom. The number of carbonyl (C=O) groups is 2. The van der Waals surface area contributed by atoms with Crippen molar-refractivity contribution in [2.45, 2.75) is 38.3 Å². The molecule has 168 valence electrons. The van der Waals surface area contributed by atoms with Gasteiger partial charge in [-0.25, -0.2) is 0 Å². The summed E-state index contributed by atoms with van der Waals surface area (Å²) in [4.78, 5) is 37.4. The number of ketones is 1. The molecule has 0 aliphatic carbocycles. The molecule has 0 bridgehead atoms. The summed E-state index contributed by atoms with van der Waals surface area (Å²) in [6.45, 7) is 4.88. The van der Waals surface area contributed by atoms with Crippen molar-refractivity contribution in [1.29, 1.82) is 0 Å². The molecule has 9 heteroatoms. The van der Waals surface area contributed by atoms with Crippen LogP contribution in [-0.4, -0.2) is 54.2 Å². The Bertz CT molecular complexity index is 1060. The Hall–Kier alpha value is -2.97. The molecule has 0 spiro atoms. The summed E-state index contributed by atoms with van der Waals surface area (Å²) in [6.07, 6.45) is 1.76.